The average molecular weight is 357 g/mol. The number of aryl methyl sites for hydroxylation is 2. The van der Waals surface area contributed by atoms with Crippen molar-refractivity contribution in [2.45, 2.75) is 46.1 Å². The fourth-order valence-electron chi connectivity index (χ4n) is 3.92. The fourth-order valence-corrected chi connectivity index (χ4v) is 3.92. The molecule has 0 aromatic heterocycles. The quantitative estimate of drug-likeness (QED) is 0.835. The molecular formula is C21H31N3O2. The van der Waals surface area contributed by atoms with Gasteiger partial charge < -0.3 is 9.80 Å². The molecule has 2 aliphatic heterocycles. The van der Waals surface area contributed by atoms with Crippen molar-refractivity contribution in [1.29, 1.82) is 0 Å². The highest BCUT2D eigenvalue weighted by molar-refractivity contribution is 5.94. The first kappa shape index (κ1) is 18.9. The highest BCUT2D eigenvalue weighted by atomic mass is 16.2. The molecule has 5 nitrogen and oxygen atoms in total. The van der Waals surface area contributed by atoms with E-state index in [4.69, 9.17) is 0 Å². The predicted molar refractivity (Wildman–Crippen MR) is 103 cm³/mol. The molecule has 2 aliphatic rings. The largest absolute Gasteiger partial charge is 0.339 e. The Labute approximate surface area is 156 Å². The van der Waals surface area contributed by atoms with E-state index in [0.717, 1.165) is 43.6 Å². The van der Waals surface area contributed by atoms with Crippen molar-refractivity contribution < 1.29 is 9.59 Å². The number of carbonyl (C=O) groups excluding carboxylic acids is 2. The summed E-state index contributed by atoms with van der Waals surface area (Å²) in [7, 11) is 0. The fraction of sp³-hybridized carbons (Fsp3) is 0.619. The standard InChI is InChI=1S/C21H31N3O2/c1-16-7-8-19(14-17(16)2)21(26)23-12-10-22(11-13-23)15-20(25)24-9-5-4-6-18(24)3/h7-8,14,18H,4-6,9-13,15H2,1-3H3. The summed E-state index contributed by atoms with van der Waals surface area (Å²) in [5.74, 6) is 0.342. The third kappa shape index (κ3) is 4.26. The molecule has 5 heteroatoms. The lowest BCUT2D eigenvalue weighted by Gasteiger charge is -2.38. The van der Waals surface area contributed by atoms with Crippen molar-refractivity contribution in [3.05, 3.63) is 34.9 Å². The SMILES string of the molecule is Cc1ccc(C(=O)N2CCN(CC(=O)N3CCCCC3C)CC2)cc1C. The van der Waals surface area contributed by atoms with Gasteiger partial charge in [0, 0.05) is 44.3 Å². The van der Waals surface area contributed by atoms with Gasteiger partial charge in [-0.1, -0.05) is 6.07 Å². The van der Waals surface area contributed by atoms with Gasteiger partial charge in [-0.3, -0.25) is 14.5 Å². The van der Waals surface area contributed by atoms with E-state index in [1.807, 2.05) is 34.9 Å². The third-order valence-corrected chi connectivity index (χ3v) is 5.90. The first-order valence-electron chi connectivity index (χ1n) is 9.84. The molecule has 1 unspecified atom stereocenters. The van der Waals surface area contributed by atoms with Gasteiger partial charge in [-0.2, -0.15) is 0 Å². The summed E-state index contributed by atoms with van der Waals surface area (Å²) in [5.41, 5.74) is 3.12. The maximum atomic E-state index is 12.7. The number of amides is 2. The molecule has 0 N–H and O–H groups in total. The molecule has 0 bridgehead atoms. The summed E-state index contributed by atoms with van der Waals surface area (Å²) in [5, 5.41) is 0. The number of hydrogen-bond acceptors (Lipinski definition) is 3. The molecule has 26 heavy (non-hydrogen) atoms. The van der Waals surface area contributed by atoms with Crippen LogP contribution in [0.25, 0.3) is 0 Å². The molecule has 1 atom stereocenters. The number of hydrogen-bond donors (Lipinski definition) is 0. The van der Waals surface area contributed by atoms with Gasteiger partial charge in [-0.05, 0) is 63.3 Å². The number of nitrogens with zero attached hydrogens (tertiary/aromatic N) is 3. The van der Waals surface area contributed by atoms with Gasteiger partial charge >= 0.3 is 0 Å². The van der Waals surface area contributed by atoms with Crippen molar-refractivity contribution in [2.24, 2.45) is 0 Å². The highest BCUT2D eigenvalue weighted by Gasteiger charge is 2.27. The maximum Gasteiger partial charge on any atom is 0.253 e. The monoisotopic (exact) mass is 357 g/mol. The third-order valence-electron chi connectivity index (χ3n) is 5.90. The summed E-state index contributed by atoms with van der Waals surface area (Å²) in [6.07, 6.45) is 3.46. The Balaban J connectivity index is 1.51. The number of carbonyl (C=O) groups is 2. The van der Waals surface area contributed by atoms with Gasteiger partial charge in [0.1, 0.15) is 0 Å². The number of piperidine rings is 1. The minimum atomic E-state index is 0.101. The summed E-state index contributed by atoms with van der Waals surface area (Å²) in [6, 6.07) is 6.27. The van der Waals surface area contributed by atoms with Crippen LogP contribution in [0.5, 0.6) is 0 Å². The zero-order valence-electron chi connectivity index (χ0n) is 16.3. The zero-order chi connectivity index (χ0) is 18.7. The number of benzene rings is 1. The smallest absolute Gasteiger partial charge is 0.253 e. The molecule has 1 aromatic rings. The minimum Gasteiger partial charge on any atom is -0.339 e. The highest BCUT2D eigenvalue weighted by Crippen LogP contribution is 2.17. The van der Waals surface area contributed by atoms with E-state index in [-0.39, 0.29) is 11.8 Å². The number of piperazine rings is 1. The van der Waals surface area contributed by atoms with Crippen LogP contribution in [-0.4, -0.2) is 71.8 Å². The maximum absolute atomic E-state index is 12.7. The van der Waals surface area contributed by atoms with E-state index in [1.165, 1.54) is 12.0 Å². The molecule has 0 aliphatic carbocycles. The van der Waals surface area contributed by atoms with Crippen LogP contribution in [-0.2, 0) is 4.79 Å². The Hall–Kier alpha value is -1.88. The van der Waals surface area contributed by atoms with E-state index >= 15 is 0 Å². The lowest BCUT2D eigenvalue weighted by Crippen LogP contribution is -2.53. The second-order valence-corrected chi connectivity index (χ2v) is 7.80. The molecule has 2 heterocycles. The normalized spacial score (nSPS) is 21.7. The molecule has 2 saturated heterocycles. The van der Waals surface area contributed by atoms with Gasteiger partial charge in [0.25, 0.3) is 5.91 Å². The predicted octanol–water partition coefficient (Wildman–Crippen LogP) is 2.46. The minimum absolute atomic E-state index is 0.101. The molecule has 0 spiro atoms. The Kier molecular flexibility index (Phi) is 5.97. The second-order valence-electron chi connectivity index (χ2n) is 7.80. The van der Waals surface area contributed by atoms with E-state index in [2.05, 4.69) is 18.7 Å². The van der Waals surface area contributed by atoms with Gasteiger partial charge in [-0.25, -0.2) is 0 Å². The van der Waals surface area contributed by atoms with E-state index in [0.29, 0.717) is 25.7 Å². The van der Waals surface area contributed by atoms with Gasteiger partial charge in [0.05, 0.1) is 6.54 Å². The molecule has 1 aromatic carbocycles. The van der Waals surface area contributed by atoms with Gasteiger partial charge in [0.2, 0.25) is 5.91 Å². The summed E-state index contributed by atoms with van der Waals surface area (Å²) >= 11 is 0. The number of rotatable bonds is 3. The lowest BCUT2D eigenvalue weighted by molar-refractivity contribution is -0.136. The van der Waals surface area contributed by atoms with E-state index in [9.17, 15) is 9.59 Å². The van der Waals surface area contributed by atoms with Crippen LogP contribution in [0.15, 0.2) is 18.2 Å². The average Bonchev–Trinajstić information content (AvgIpc) is 2.64. The van der Waals surface area contributed by atoms with Gasteiger partial charge in [0.15, 0.2) is 0 Å². The summed E-state index contributed by atoms with van der Waals surface area (Å²) in [6.45, 7) is 10.5. The van der Waals surface area contributed by atoms with Crippen LogP contribution in [0, 0.1) is 13.8 Å². The summed E-state index contributed by atoms with van der Waals surface area (Å²) < 4.78 is 0. The molecule has 142 valence electrons. The van der Waals surface area contributed by atoms with Crippen LogP contribution in [0.3, 0.4) is 0 Å². The van der Waals surface area contributed by atoms with Crippen LogP contribution >= 0.6 is 0 Å². The van der Waals surface area contributed by atoms with Crippen molar-refractivity contribution in [3.63, 3.8) is 0 Å². The van der Waals surface area contributed by atoms with E-state index < -0.39 is 0 Å². The molecule has 2 fully saturated rings. The van der Waals surface area contributed by atoms with Gasteiger partial charge in [-0.15, -0.1) is 0 Å². The molecular weight excluding hydrogens is 326 g/mol. The van der Waals surface area contributed by atoms with Crippen molar-refractivity contribution in [2.75, 3.05) is 39.3 Å². The van der Waals surface area contributed by atoms with Crippen molar-refractivity contribution in [3.8, 4) is 0 Å². The van der Waals surface area contributed by atoms with Crippen molar-refractivity contribution >= 4 is 11.8 Å². The van der Waals surface area contributed by atoms with Crippen molar-refractivity contribution in [1.82, 2.24) is 14.7 Å². The van der Waals surface area contributed by atoms with Crippen LogP contribution < -0.4 is 0 Å². The molecule has 0 saturated carbocycles. The second kappa shape index (κ2) is 8.21. The Morgan fingerprint density at radius 1 is 1.00 bits per heavy atom. The first-order chi connectivity index (χ1) is 12.5. The zero-order valence-corrected chi connectivity index (χ0v) is 16.3. The molecule has 3 rings (SSSR count). The Morgan fingerprint density at radius 3 is 2.38 bits per heavy atom. The van der Waals surface area contributed by atoms with E-state index in [1.54, 1.807) is 0 Å². The Morgan fingerprint density at radius 2 is 1.73 bits per heavy atom. The summed E-state index contributed by atoms with van der Waals surface area (Å²) in [4.78, 5) is 31.4. The topological polar surface area (TPSA) is 43.9 Å². The molecule has 0 radical (unpaired) electrons. The Bertz CT molecular complexity index is 665. The first-order valence-corrected chi connectivity index (χ1v) is 9.84. The number of likely N-dealkylation sites (tertiary alicyclic amines) is 1. The molecule has 2 amide bonds. The van der Waals surface area contributed by atoms with Crippen LogP contribution in [0.2, 0.25) is 0 Å². The van der Waals surface area contributed by atoms with Crippen LogP contribution in [0.1, 0.15) is 47.7 Å². The van der Waals surface area contributed by atoms with Crippen LogP contribution in [0.4, 0.5) is 0 Å². The lowest BCUT2D eigenvalue weighted by atomic mass is 10.0.